The second kappa shape index (κ2) is 7.64. The van der Waals surface area contributed by atoms with E-state index < -0.39 is 0 Å². The van der Waals surface area contributed by atoms with Gasteiger partial charge in [-0.05, 0) is 49.2 Å². The SMILES string of the molecule is CC[C@@H](NC(=O)c1cc(Cn2cnc3ccccc32)[nH]n1)c1cc(C)ccn1. The summed E-state index contributed by atoms with van der Waals surface area (Å²) in [6.07, 6.45) is 4.31. The first-order valence-corrected chi connectivity index (χ1v) is 9.31. The molecule has 1 amide bonds. The van der Waals surface area contributed by atoms with Crippen LogP contribution < -0.4 is 5.32 Å². The molecule has 0 unspecified atom stereocenters. The number of aryl methyl sites for hydroxylation is 1. The number of nitrogens with one attached hydrogen (secondary N) is 2. The fraction of sp³-hybridized carbons (Fsp3) is 0.238. The van der Waals surface area contributed by atoms with Crippen LogP contribution in [0.1, 0.15) is 46.8 Å². The van der Waals surface area contributed by atoms with Crippen molar-refractivity contribution in [3.05, 3.63) is 77.6 Å². The summed E-state index contributed by atoms with van der Waals surface area (Å²) in [5, 5.41) is 10.2. The molecule has 3 heterocycles. The van der Waals surface area contributed by atoms with E-state index in [1.54, 1.807) is 18.6 Å². The van der Waals surface area contributed by atoms with Gasteiger partial charge in [-0.1, -0.05) is 19.1 Å². The van der Waals surface area contributed by atoms with Crippen LogP contribution in [0.5, 0.6) is 0 Å². The van der Waals surface area contributed by atoms with Gasteiger partial charge in [0.1, 0.15) is 5.69 Å². The summed E-state index contributed by atoms with van der Waals surface area (Å²) in [4.78, 5) is 21.4. The maximum absolute atomic E-state index is 12.7. The first-order valence-electron chi connectivity index (χ1n) is 9.31. The highest BCUT2D eigenvalue weighted by Crippen LogP contribution is 2.17. The van der Waals surface area contributed by atoms with Crippen molar-refractivity contribution in [1.29, 1.82) is 0 Å². The normalized spacial score (nSPS) is 12.2. The smallest absolute Gasteiger partial charge is 0.272 e. The average molecular weight is 374 g/mol. The van der Waals surface area contributed by atoms with Crippen LogP contribution >= 0.6 is 0 Å². The van der Waals surface area contributed by atoms with Crippen molar-refractivity contribution in [3.63, 3.8) is 0 Å². The van der Waals surface area contributed by atoms with Gasteiger partial charge in [0.25, 0.3) is 5.91 Å². The van der Waals surface area contributed by atoms with Crippen molar-refractivity contribution in [2.24, 2.45) is 0 Å². The van der Waals surface area contributed by atoms with Gasteiger partial charge < -0.3 is 9.88 Å². The second-order valence-corrected chi connectivity index (χ2v) is 6.83. The third-order valence-corrected chi connectivity index (χ3v) is 4.74. The van der Waals surface area contributed by atoms with E-state index in [0.717, 1.165) is 34.4 Å². The number of H-pyrrole nitrogens is 1. The standard InChI is InChI=1S/C21H22N6O/c1-3-16(18-10-14(2)8-9-22-18)24-21(28)19-11-15(25-26-19)12-27-13-23-17-6-4-5-7-20(17)27/h4-11,13,16H,3,12H2,1-2H3,(H,24,28)(H,25,26)/t16-/m1/s1. The summed E-state index contributed by atoms with van der Waals surface area (Å²) < 4.78 is 2.02. The van der Waals surface area contributed by atoms with Gasteiger partial charge in [-0.25, -0.2) is 4.98 Å². The molecule has 2 N–H and O–H groups in total. The third kappa shape index (κ3) is 3.64. The molecule has 0 aliphatic carbocycles. The second-order valence-electron chi connectivity index (χ2n) is 6.83. The molecule has 4 aromatic rings. The molecular weight excluding hydrogens is 352 g/mol. The van der Waals surface area contributed by atoms with Crippen LogP contribution in [0.15, 0.2) is 55.0 Å². The van der Waals surface area contributed by atoms with Gasteiger partial charge in [0.2, 0.25) is 0 Å². The molecule has 0 aliphatic heterocycles. The first-order chi connectivity index (χ1) is 13.6. The number of pyridine rings is 1. The Morgan fingerprint density at radius 2 is 2.07 bits per heavy atom. The fourth-order valence-electron chi connectivity index (χ4n) is 3.25. The maximum Gasteiger partial charge on any atom is 0.272 e. The predicted molar refractivity (Wildman–Crippen MR) is 107 cm³/mol. The third-order valence-electron chi connectivity index (χ3n) is 4.74. The Balaban J connectivity index is 1.48. The number of para-hydroxylation sites is 2. The van der Waals surface area contributed by atoms with Crippen LogP contribution in [-0.2, 0) is 6.54 Å². The van der Waals surface area contributed by atoms with Gasteiger partial charge in [0, 0.05) is 6.20 Å². The maximum atomic E-state index is 12.7. The van der Waals surface area contributed by atoms with Crippen molar-refractivity contribution in [1.82, 2.24) is 30.0 Å². The quantitative estimate of drug-likeness (QED) is 0.541. The Morgan fingerprint density at radius 3 is 2.89 bits per heavy atom. The Labute approximate surface area is 162 Å². The van der Waals surface area contributed by atoms with Crippen molar-refractivity contribution in [3.8, 4) is 0 Å². The summed E-state index contributed by atoms with van der Waals surface area (Å²) in [5.41, 5.74) is 5.17. The van der Waals surface area contributed by atoms with Gasteiger partial charge in [0.15, 0.2) is 0 Å². The van der Waals surface area contributed by atoms with Crippen LogP contribution in [0.2, 0.25) is 0 Å². The fourth-order valence-corrected chi connectivity index (χ4v) is 3.25. The molecule has 7 nitrogen and oxygen atoms in total. The zero-order valence-corrected chi connectivity index (χ0v) is 15.9. The lowest BCUT2D eigenvalue weighted by atomic mass is 10.1. The molecule has 0 spiro atoms. The van der Waals surface area contributed by atoms with Crippen molar-refractivity contribution in [2.75, 3.05) is 0 Å². The molecule has 1 atom stereocenters. The van der Waals surface area contributed by atoms with E-state index in [2.05, 4.69) is 25.5 Å². The molecule has 7 heteroatoms. The minimum atomic E-state index is -0.215. The van der Waals surface area contributed by atoms with Gasteiger partial charge in [-0.3, -0.25) is 14.9 Å². The lowest BCUT2D eigenvalue weighted by molar-refractivity contribution is 0.0929. The topological polar surface area (TPSA) is 88.5 Å². The van der Waals surface area contributed by atoms with Crippen molar-refractivity contribution in [2.45, 2.75) is 32.9 Å². The van der Waals surface area contributed by atoms with Gasteiger partial charge >= 0.3 is 0 Å². The molecule has 0 aliphatic rings. The number of aromatic amines is 1. The van der Waals surface area contributed by atoms with Gasteiger partial charge in [-0.15, -0.1) is 0 Å². The van der Waals surface area contributed by atoms with Gasteiger partial charge in [0.05, 0.1) is 41.3 Å². The van der Waals surface area contributed by atoms with E-state index in [9.17, 15) is 4.79 Å². The average Bonchev–Trinajstić information content (AvgIpc) is 3.34. The van der Waals surface area contributed by atoms with Crippen LogP contribution in [0.4, 0.5) is 0 Å². The van der Waals surface area contributed by atoms with Crippen molar-refractivity contribution >= 4 is 16.9 Å². The number of amides is 1. The van der Waals surface area contributed by atoms with E-state index in [0.29, 0.717) is 12.2 Å². The molecule has 0 radical (unpaired) electrons. The summed E-state index contributed by atoms with van der Waals surface area (Å²) in [6.45, 7) is 4.60. The Kier molecular flexibility index (Phi) is 4.89. The monoisotopic (exact) mass is 374 g/mol. The van der Waals surface area contributed by atoms with E-state index in [1.807, 2.05) is 54.8 Å². The molecule has 0 fully saturated rings. The van der Waals surface area contributed by atoms with E-state index in [4.69, 9.17) is 0 Å². The van der Waals surface area contributed by atoms with E-state index in [1.165, 1.54) is 0 Å². The van der Waals surface area contributed by atoms with E-state index >= 15 is 0 Å². The zero-order chi connectivity index (χ0) is 19.5. The number of imidazole rings is 1. The number of rotatable bonds is 6. The van der Waals surface area contributed by atoms with Crippen molar-refractivity contribution < 1.29 is 4.79 Å². The number of carbonyl (C=O) groups is 1. The largest absolute Gasteiger partial charge is 0.342 e. The highest BCUT2D eigenvalue weighted by molar-refractivity contribution is 5.92. The summed E-state index contributed by atoms with van der Waals surface area (Å²) >= 11 is 0. The minimum absolute atomic E-state index is 0.148. The molecule has 142 valence electrons. The molecule has 4 rings (SSSR count). The summed E-state index contributed by atoms with van der Waals surface area (Å²) in [6, 6.07) is 13.5. The lowest BCUT2D eigenvalue weighted by Gasteiger charge is -2.16. The molecule has 28 heavy (non-hydrogen) atoms. The first kappa shape index (κ1) is 17.9. The molecule has 0 bridgehead atoms. The zero-order valence-electron chi connectivity index (χ0n) is 15.9. The van der Waals surface area contributed by atoms with Gasteiger partial charge in [-0.2, -0.15) is 5.10 Å². The highest BCUT2D eigenvalue weighted by atomic mass is 16.2. The number of nitrogens with zero attached hydrogens (tertiary/aromatic N) is 4. The highest BCUT2D eigenvalue weighted by Gasteiger charge is 2.18. The van der Waals surface area contributed by atoms with Crippen LogP contribution in [0, 0.1) is 6.92 Å². The number of carbonyl (C=O) groups excluding carboxylic acids is 1. The summed E-state index contributed by atoms with van der Waals surface area (Å²) in [7, 11) is 0. The van der Waals surface area contributed by atoms with E-state index in [-0.39, 0.29) is 11.9 Å². The van der Waals surface area contributed by atoms with Crippen LogP contribution in [-0.4, -0.2) is 30.6 Å². The minimum Gasteiger partial charge on any atom is -0.342 e. The molecule has 0 saturated carbocycles. The molecule has 0 saturated heterocycles. The Hall–Kier alpha value is -3.48. The lowest BCUT2D eigenvalue weighted by Crippen LogP contribution is -2.29. The molecule has 1 aromatic carbocycles. The number of fused-ring (bicyclic) bond motifs is 1. The van der Waals surface area contributed by atoms with Crippen LogP contribution in [0.3, 0.4) is 0 Å². The number of hydrogen-bond acceptors (Lipinski definition) is 4. The number of aromatic nitrogens is 5. The number of benzene rings is 1. The molecule has 3 aromatic heterocycles. The molecular formula is C21H22N6O. The van der Waals surface area contributed by atoms with Crippen LogP contribution in [0.25, 0.3) is 11.0 Å². The number of hydrogen-bond donors (Lipinski definition) is 2. The predicted octanol–water partition coefficient (Wildman–Crippen LogP) is 3.39. The summed E-state index contributed by atoms with van der Waals surface area (Å²) in [5.74, 6) is -0.215. The Bertz CT molecular complexity index is 1110. The Morgan fingerprint density at radius 1 is 1.21 bits per heavy atom.